The van der Waals surface area contributed by atoms with Crippen molar-refractivity contribution in [1.29, 1.82) is 0 Å². The summed E-state index contributed by atoms with van der Waals surface area (Å²) in [5, 5.41) is 6.71. The van der Waals surface area contributed by atoms with Crippen LogP contribution in [0.5, 0.6) is 11.5 Å². The Balaban J connectivity index is 0.00000392. The van der Waals surface area contributed by atoms with Crippen LogP contribution in [-0.2, 0) is 12.8 Å². The minimum absolute atomic E-state index is 0. The highest BCUT2D eigenvalue weighted by molar-refractivity contribution is 14.0. The fourth-order valence-corrected chi connectivity index (χ4v) is 2.82. The van der Waals surface area contributed by atoms with Crippen LogP contribution in [0.1, 0.15) is 24.5 Å². The minimum Gasteiger partial charge on any atom is -0.493 e. The quantitative estimate of drug-likeness (QED) is 0.225. The summed E-state index contributed by atoms with van der Waals surface area (Å²) in [5.41, 5.74) is 2.55. The normalized spacial score (nSPS) is 10.8. The number of nitrogens with zero attached hydrogens (tertiary/aromatic N) is 1. The van der Waals surface area contributed by atoms with E-state index >= 15 is 0 Å². The molecule has 2 aromatic carbocycles. The molecule has 0 amide bonds. The van der Waals surface area contributed by atoms with Crippen molar-refractivity contribution in [2.45, 2.75) is 26.2 Å². The van der Waals surface area contributed by atoms with Crippen molar-refractivity contribution < 1.29 is 9.47 Å². The fourth-order valence-electron chi connectivity index (χ4n) is 2.82. The first-order chi connectivity index (χ1) is 13.3. The van der Waals surface area contributed by atoms with E-state index in [4.69, 9.17) is 9.47 Å². The van der Waals surface area contributed by atoms with Gasteiger partial charge in [-0.1, -0.05) is 36.4 Å². The van der Waals surface area contributed by atoms with Gasteiger partial charge in [-0.15, -0.1) is 24.0 Å². The van der Waals surface area contributed by atoms with Crippen LogP contribution in [-0.4, -0.2) is 39.8 Å². The molecule has 0 heterocycles. The van der Waals surface area contributed by atoms with Crippen molar-refractivity contribution in [3.63, 3.8) is 0 Å². The van der Waals surface area contributed by atoms with Crippen LogP contribution in [0, 0.1) is 0 Å². The zero-order valence-corrected chi connectivity index (χ0v) is 19.4. The van der Waals surface area contributed by atoms with E-state index in [1.54, 1.807) is 14.2 Å². The maximum atomic E-state index is 5.36. The Morgan fingerprint density at radius 3 is 2.32 bits per heavy atom. The predicted octanol–water partition coefficient (Wildman–Crippen LogP) is 4.05. The number of methoxy groups -OCH3 is 2. The monoisotopic (exact) mass is 497 g/mol. The summed E-state index contributed by atoms with van der Waals surface area (Å²) in [6.07, 6.45) is 2.91. The molecule has 0 spiro atoms. The summed E-state index contributed by atoms with van der Waals surface area (Å²) in [5.74, 6) is 2.41. The van der Waals surface area contributed by atoms with Crippen LogP contribution in [0.3, 0.4) is 0 Å². The maximum absolute atomic E-state index is 5.36. The lowest BCUT2D eigenvalue weighted by molar-refractivity contribution is 0.354. The third kappa shape index (κ3) is 8.37. The Morgan fingerprint density at radius 2 is 1.64 bits per heavy atom. The van der Waals surface area contributed by atoms with Crippen molar-refractivity contribution in [3.8, 4) is 11.5 Å². The molecule has 0 fully saturated rings. The van der Waals surface area contributed by atoms with Gasteiger partial charge in [0.15, 0.2) is 17.5 Å². The summed E-state index contributed by atoms with van der Waals surface area (Å²) in [7, 11) is 3.31. The number of nitrogens with one attached hydrogen (secondary N) is 2. The zero-order chi connectivity index (χ0) is 19.3. The van der Waals surface area contributed by atoms with Gasteiger partial charge in [0.2, 0.25) is 0 Å². The highest BCUT2D eigenvalue weighted by Crippen LogP contribution is 2.27. The zero-order valence-electron chi connectivity index (χ0n) is 17.0. The van der Waals surface area contributed by atoms with Gasteiger partial charge in [-0.2, -0.15) is 0 Å². The molecule has 154 valence electrons. The molecular formula is C22H32IN3O2. The largest absolute Gasteiger partial charge is 0.493 e. The molecule has 2 aromatic rings. The third-order valence-corrected chi connectivity index (χ3v) is 4.23. The summed E-state index contributed by atoms with van der Waals surface area (Å²) >= 11 is 0. The summed E-state index contributed by atoms with van der Waals surface area (Å²) < 4.78 is 10.6. The number of ether oxygens (including phenoxy) is 2. The lowest BCUT2D eigenvalue weighted by atomic mass is 10.1. The van der Waals surface area contributed by atoms with Gasteiger partial charge < -0.3 is 20.1 Å². The van der Waals surface area contributed by atoms with Crippen LogP contribution < -0.4 is 20.1 Å². The van der Waals surface area contributed by atoms with Crippen LogP contribution in [0.2, 0.25) is 0 Å². The number of rotatable bonds is 10. The van der Waals surface area contributed by atoms with Gasteiger partial charge in [-0.05, 0) is 49.4 Å². The van der Waals surface area contributed by atoms with Gasteiger partial charge in [0.1, 0.15) is 0 Å². The van der Waals surface area contributed by atoms with E-state index in [9.17, 15) is 0 Å². The molecular weight excluding hydrogens is 465 g/mol. The first kappa shape index (κ1) is 24.1. The number of halogens is 1. The number of aryl methyl sites for hydroxylation is 1. The SMILES string of the molecule is CCNC(=NCCCc1ccc(OC)c(OC)c1)NCCc1ccccc1.I. The molecule has 0 aromatic heterocycles. The van der Waals surface area contributed by atoms with E-state index < -0.39 is 0 Å². The molecule has 0 unspecified atom stereocenters. The number of hydrogen-bond donors (Lipinski definition) is 2. The Bertz CT molecular complexity index is 708. The lowest BCUT2D eigenvalue weighted by Crippen LogP contribution is -2.38. The Morgan fingerprint density at radius 1 is 0.893 bits per heavy atom. The topological polar surface area (TPSA) is 54.9 Å². The standard InChI is InChI=1S/C22H31N3O2.HI/c1-4-23-22(25-16-14-18-9-6-5-7-10-18)24-15-8-11-19-12-13-20(26-2)21(17-19)27-3;/h5-7,9-10,12-13,17H,4,8,11,14-16H2,1-3H3,(H2,23,24,25);1H. The van der Waals surface area contributed by atoms with Crippen LogP contribution in [0.25, 0.3) is 0 Å². The highest BCUT2D eigenvalue weighted by Gasteiger charge is 2.04. The third-order valence-electron chi connectivity index (χ3n) is 4.23. The molecule has 6 heteroatoms. The highest BCUT2D eigenvalue weighted by atomic mass is 127. The van der Waals surface area contributed by atoms with E-state index in [1.165, 1.54) is 11.1 Å². The second-order valence-electron chi connectivity index (χ2n) is 6.22. The average Bonchev–Trinajstić information content (AvgIpc) is 2.71. The maximum Gasteiger partial charge on any atom is 0.191 e. The molecule has 0 saturated heterocycles. The van der Waals surface area contributed by atoms with Gasteiger partial charge in [0, 0.05) is 19.6 Å². The first-order valence-electron chi connectivity index (χ1n) is 9.53. The number of hydrogen-bond acceptors (Lipinski definition) is 3. The molecule has 0 saturated carbocycles. The van der Waals surface area contributed by atoms with E-state index in [-0.39, 0.29) is 24.0 Å². The Kier molecular flexibility index (Phi) is 12.1. The molecule has 0 radical (unpaired) electrons. The predicted molar refractivity (Wildman–Crippen MR) is 127 cm³/mol. The van der Waals surface area contributed by atoms with Crippen LogP contribution in [0.4, 0.5) is 0 Å². The summed E-state index contributed by atoms with van der Waals surface area (Å²) in [4.78, 5) is 4.67. The van der Waals surface area contributed by atoms with E-state index in [2.05, 4.69) is 52.9 Å². The van der Waals surface area contributed by atoms with Crippen molar-refractivity contribution in [2.75, 3.05) is 33.9 Å². The second kappa shape index (κ2) is 14.1. The van der Waals surface area contributed by atoms with Crippen LogP contribution in [0.15, 0.2) is 53.5 Å². The fraction of sp³-hybridized carbons (Fsp3) is 0.409. The molecule has 0 aliphatic carbocycles. The number of aliphatic imine (C=N–C) groups is 1. The van der Waals surface area contributed by atoms with Crippen molar-refractivity contribution >= 4 is 29.9 Å². The van der Waals surface area contributed by atoms with E-state index in [0.29, 0.717) is 0 Å². The molecule has 0 bridgehead atoms. The Labute approximate surface area is 186 Å². The average molecular weight is 497 g/mol. The van der Waals surface area contributed by atoms with Gasteiger partial charge in [0.25, 0.3) is 0 Å². The minimum atomic E-state index is 0. The van der Waals surface area contributed by atoms with Crippen molar-refractivity contribution in [1.82, 2.24) is 10.6 Å². The summed E-state index contributed by atoms with van der Waals surface area (Å²) in [6, 6.07) is 16.5. The summed E-state index contributed by atoms with van der Waals surface area (Å²) in [6.45, 7) is 4.57. The number of benzene rings is 2. The van der Waals surface area contributed by atoms with Gasteiger partial charge >= 0.3 is 0 Å². The van der Waals surface area contributed by atoms with Crippen molar-refractivity contribution in [3.05, 3.63) is 59.7 Å². The molecule has 28 heavy (non-hydrogen) atoms. The smallest absolute Gasteiger partial charge is 0.191 e. The molecule has 5 nitrogen and oxygen atoms in total. The van der Waals surface area contributed by atoms with Gasteiger partial charge in [0.05, 0.1) is 14.2 Å². The number of guanidine groups is 1. The van der Waals surface area contributed by atoms with Crippen molar-refractivity contribution in [2.24, 2.45) is 4.99 Å². The van der Waals surface area contributed by atoms with Gasteiger partial charge in [-0.3, -0.25) is 4.99 Å². The Hall–Kier alpha value is -1.96. The van der Waals surface area contributed by atoms with E-state index in [0.717, 1.165) is 56.4 Å². The van der Waals surface area contributed by atoms with Gasteiger partial charge in [-0.25, -0.2) is 0 Å². The van der Waals surface area contributed by atoms with E-state index in [1.807, 2.05) is 18.2 Å². The second-order valence-corrected chi connectivity index (χ2v) is 6.22. The lowest BCUT2D eigenvalue weighted by Gasteiger charge is -2.12. The molecule has 0 atom stereocenters. The molecule has 0 aliphatic rings. The first-order valence-corrected chi connectivity index (χ1v) is 9.53. The molecule has 0 aliphatic heterocycles. The molecule has 2 N–H and O–H groups in total. The van der Waals surface area contributed by atoms with Crippen LogP contribution >= 0.6 is 24.0 Å². The molecule has 2 rings (SSSR count).